The minimum absolute atomic E-state index is 0.0111. The smallest absolute Gasteiger partial charge is 0.253 e. The van der Waals surface area contributed by atoms with Gasteiger partial charge in [0.05, 0.1) is 19.6 Å². The first kappa shape index (κ1) is 35.1. The van der Waals surface area contributed by atoms with Gasteiger partial charge in [0.25, 0.3) is 11.8 Å². The van der Waals surface area contributed by atoms with E-state index in [9.17, 15) is 33.6 Å². The molecule has 0 unspecified atom stereocenters. The molecule has 2 aliphatic rings. The van der Waals surface area contributed by atoms with E-state index in [-0.39, 0.29) is 55.4 Å². The van der Waals surface area contributed by atoms with Gasteiger partial charge < -0.3 is 21.3 Å². The van der Waals surface area contributed by atoms with E-state index >= 15 is 0 Å². The molecule has 45 heavy (non-hydrogen) atoms. The molecule has 0 saturated heterocycles. The van der Waals surface area contributed by atoms with Gasteiger partial charge in [-0.3, -0.25) is 38.5 Å². The summed E-state index contributed by atoms with van der Waals surface area (Å²) in [5.41, 5.74) is 0.825. The Balaban J connectivity index is 1.36. The molecule has 1 saturated carbocycles. The number of nitrogens with one attached hydrogen (secondary N) is 4. The Bertz CT molecular complexity index is 1210. The summed E-state index contributed by atoms with van der Waals surface area (Å²) < 4.78 is 0. The number of amides is 6. The molecule has 3 rings (SSSR count). The van der Waals surface area contributed by atoms with Gasteiger partial charge >= 0.3 is 0 Å². The van der Waals surface area contributed by atoms with Crippen LogP contribution >= 0.6 is 0 Å². The molecular formula is C33H45N5O7. The maximum absolute atomic E-state index is 13.1. The molecule has 1 fully saturated rings. The number of Topliss-reactive ketones (excluding diaryl/α,β-unsaturated/α-hetero) is 1. The van der Waals surface area contributed by atoms with Crippen molar-refractivity contribution < 1.29 is 33.6 Å². The van der Waals surface area contributed by atoms with Gasteiger partial charge in [-0.05, 0) is 31.2 Å². The number of rotatable bonds is 17. The fourth-order valence-electron chi connectivity index (χ4n) is 5.42. The maximum Gasteiger partial charge on any atom is 0.253 e. The molecule has 244 valence electrons. The zero-order valence-electron chi connectivity index (χ0n) is 25.8. The van der Waals surface area contributed by atoms with E-state index in [4.69, 9.17) is 0 Å². The average molecular weight is 624 g/mol. The number of benzene rings is 1. The van der Waals surface area contributed by atoms with E-state index < -0.39 is 30.3 Å². The van der Waals surface area contributed by atoms with Crippen molar-refractivity contribution in [3.8, 4) is 0 Å². The van der Waals surface area contributed by atoms with Crippen LogP contribution in [0.3, 0.4) is 0 Å². The third-order valence-corrected chi connectivity index (χ3v) is 8.01. The summed E-state index contributed by atoms with van der Waals surface area (Å²) >= 11 is 0. The molecule has 1 aliphatic carbocycles. The molecule has 6 amide bonds. The number of ketones is 1. The summed E-state index contributed by atoms with van der Waals surface area (Å²) in [6.45, 7) is -0.498. The highest BCUT2D eigenvalue weighted by atomic mass is 16.2. The van der Waals surface area contributed by atoms with E-state index in [0.29, 0.717) is 25.8 Å². The molecule has 0 spiro atoms. The quantitative estimate of drug-likeness (QED) is 0.150. The molecule has 1 atom stereocenters. The van der Waals surface area contributed by atoms with Crippen molar-refractivity contribution in [1.82, 2.24) is 26.2 Å². The van der Waals surface area contributed by atoms with E-state index in [1.165, 1.54) is 18.6 Å². The number of carbonyl (C=O) groups is 7. The van der Waals surface area contributed by atoms with Crippen LogP contribution in [0.4, 0.5) is 0 Å². The summed E-state index contributed by atoms with van der Waals surface area (Å²) in [5.74, 6) is -2.66. The molecule has 1 aliphatic heterocycles. The molecule has 1 aromatic carbocycles. The van der Waals surface area contributed by atoms with Gasteiger partial charge in [0, 0.05) is 37.5 Å². The van der Waals surface area contributed by atoms with Crippen LogP contribution in [0.2, 0.25) is 0 Å². The second-order valence-electron chi connectivity index (χ2n) is 11.6. The Morgan fingerprint density at radius 3 is 2.02 bits per heavy atom. The van der Waals surface area contributed by atoms with Crippen molar-refractivity contribution in [2.45, 2.75) is 83.1 Å². The highest BCUT2D eigenvalue weighted by molar-refractivity contribution is 6.12. The second kappa shape index (κ2) is 19.1. The van der Waals surface area contributed by atoms with Gasteiger partial charge in [-0.1, -0.05) is 68.9 Å². The van der Waals surface area contributed by atoms with Crippen LogP contribution in [0.5, 0.6) is 0 Å². The first-order valence-electron chi connectivity index (χ1n) is 15.9. The van der Waals surface area contributed by atoms with Gasteiger partial charge in [-0.2, -0.15) is 0 Å². The largest absolute Gasteiger partial charge is 0.347 e. The number of carbonyl (C=O) groups excluding carboxylic acids is 7. The fourth-order valence-corrected chi connectivity index (χ4v) is 5.42. The summed E-state index contributed by atoms with van der Waals surface area (Å²) in [6.07, 6.45) is 11.7. The van der Waals surface area contributed by atoms with Crippen molar-refractivity contribution in [2.24, 2.45) is 5.92 Å². The predicted octanol–water partition coefficient (Wildman–Crippen LogP) is 1.48. The van der Waals surface area contributed by atoms with Gasteiger partial charge in [0.15, 0.2) is 5.78 Å². The van der Waals surface area contributed by atoms with Crippen molar-refractivity contribution >= 4 is 41.2 Å². The minimum Gasteiger partial charge on any atom is -0.347 e. The highest BCUT2D eigenvalue weighted by Gasteiger charge is 2.25. The molecule has 1 heterocycles. The Hall–Kier alpha value is -4.35. The van der Waals surface area contributed by atoms with Crippen molar-refractivity contribution in [3.05, 3.63) is 48.0 Å². The average Bonchev–Trinajstić information content (AvgIpc) is 3.33. The SMILES string of the molecule is O=C(CCCCCN1C(=O)C=CC1=O)NCC(=O)NCC(=O)N[C@@H](Cc1ccccc1)C(=O)NCC(=O)C1CCCCCCC1. The number of hydrogen-bond donors (Lipinski definition) is 4. The molecule has 1 aromatic rings. The molecule has 4 N–H and O–H groups in total. The summed E-state index contributed by atoms with van der Waals surface area (Å²) in [6, 6.07) is 8.23. The third-order valence-electron chi connectivity index (χ3n) is 8.01. The van der Waals surface area contributed by atoms with E-state index in [1.807, 2.05) is 30.3 Å². The summed E-state index contributed by atoms with van der Waals surface area (Å²) in [4.78, 5) is 87.1. The number of imide groups is 1. The first-order chi connectivity index (χ1) is 21.7. The first-order valence-corrected chi connectivity index (χ1v) is 15.9. The molecule has 0 radical (unpaired) electrons. The van der Waals surface area contributed by atoms with Crippen LogP contribution in [0.15, 0.2) is 42.5 Å². The normalized spacial score (nSPS) is 16.0. The molecule has 12 heteroatoms. The lowest BCUT2D eigenvalue weighted by atomic mass is 9.88. The summed E-state index contributed by atoms with van der Waals surface area (Å²) in [7, 11) is 0. The zero-order chi connectivity index (χ0) is 32.4. The zero-order valence-corrected chi connectivity index (χ0v) is 25.8. The van der Waals surface area contributed by atoms with Crippen LogP contribution < -0.4 is 21.3 Å². The minimum atomic E-state index is -0.945. The van der Waals surface area contributed by atoms with Gasteiger partial charge in [0.1, 0.15) is 6.04 Å². The topological polar surface area (TPSA) is 171 Å². The van der Waals surface area contributed by atoms with Gasteiger partial charge in [0.2, 0.25) is 23.6 Å². The van der Waals surface area contributed by atoms with Gasteiger partial charge in [-0.25, -0.2) is 0 Å². The Kier molecular flexibility index (Phi) is 14.9. The van der Waals surface area contributed by atoms with Crippen molar-refractivity contribution in [2.75, 3.05) is 26.2 Å². The molecule has 0 aromatic heterocycles. The summed E-state index contributed by atoms with van der Waals surface area (Å²) in [5, 5.41) is 10.3. The Labute approximate surface area is 264 Å². The second-order valence-corrected chi connectivity index (χ2v) is 11.6. The Morgan fingerprint density at radius 2 is 1.33 bits per heavy atom. The lowest BCUT2D eigenvalue weighted by Gasteiger charge is -2.21. The molecular weight excluding hydrogens is 578 g/mol. The van der Waals surface area contributed by atoms with Gasteiger partial charge in [-0.15, -0.1) is 0 Å². The fraction of sp³-hybridized carbons (Fsp3) is 0.545. The van der Waals surface area contributed by atoms with Crippen LogP contribution in [0.25, 0.3) is 0 Å². The van der Waals surface area contributed by atoms with Crippen LogP contribution in [0.1, 0.15) is 76.2 Å². The van der Waals surface area contributed by atoms with E-state index in [1.54, 1.807) is 0 Å². The van der Waals surface area contributed by atoms with Crippen LogP contribution in [-0.4, -0.2) is 78.3 Å². The van der Waals surface area contributed by atoms with E-state index in [0.717, 1.165) is 49.0 Å². The van der Waals surface area contributed by atoms with E-state index in [2.05, 4.69) is 21.3 Å². The number of hydrogen-bond acceptors (Lipinski definition) is 7. The lowest BCUT2D eigenvalue weighted by molar-refractivity contribution is -0.137. The highest BCUT2D eigenvalue weighted by Crippen LogP contribution is 2.22. The van der Waals surface area contributed by atoms with Crippen LogP contribution in [-0.2, 0) is 40.0 Å². The van der Waals surface area contributed by atoms with Crippen molar-refractivity contribution in [3.63, 3.8) is 0 Å². The third kappa shape index (κ3) is 13.0. The monoisotopic (exact) mass is 623 g/mol. The Morgan fingerprint density at radius 1 is 0.711 bits per heavy atom. The van der Waals surface area contributed by atoms with Crippen molar-refractivity contribution in [1.29, 1.82) is 0 Å². The number of nitrogens with zero attached hydrogens (tertiary/aromatic N) is 1. The lowest BCUT2D eigenvalue weighted by Crippen LogP contribution is -2.52. The van der Waals surface area contributed by atoms with Crippen LogP contribution in [0, 0.1) is 5.92 Å². The maximum atomic E-state index is 13.1. The molecule has 0 bridgehead atoms. The number of unbranched alkanes of at least 4 members (excludes halogenated alkanes) is 2. The predicted molar refractivity (Wildman–Crippen MR) is 166 cm³/mol. The molecule has 12 nitrogen and oxygen atoms in total. The standard InChI is InChI=1S/C33H45N5O7/c39-27(25-14-8-2-1-3-9-15-25)21-36-33(45)26(20-24-12-6-4-7-13-24)37-30(42)23-35-29(41)22-34-28(40)16-10-5-11-19-38-31(43)17-18-32(38)44/h4,6-7,12-13,17-18,25-26H,1-3,5,8-11,14-16,19-23H2,(H,34,40)(H,35,41)(H,36,45)(H,37,42)/t26-/m0/s1.